The number of hydrogen-bond donors (Lipinski definition) is 0. The number of hydrogen-bond acceptors (Lipinski definition) is 3. The fourth-order valence-corrected chi connectivity index (χ4v) is 5.12. The molecule has 0 radical (unpaired) electrons. The van der Waals surface area contributed by atoms with Gasteiger partial charge in [0.15, 0.2) is 11.6 Å². The molecule has 4 heteroatoms. The molecule has 0 spiro atoms. The van der Waals surface area contributed by atoms with Crippen LogP contribution < -0.4 is 0 Å². The van der Waals surface area contributed by atoms with E-state index in [0.717, 1.165) is 11.1 Å². The average molecular weight is 364 g/mol. The Kier molecular flexibility index (Phi) is 3.49. The molecule has 0 aromatic heterocycles. The highest BCUT2D eigenvalue weighted by Gasteiger charge is 2.69. The largest absolute Gasteiger partial charge is 0.343 e. The topological polar surface area (TPSA) is 35.5 Å². The minimum Gasteiger partial charge on any atom is -0.343 e. The Hall–Kier alpha value is -2.30. The van der Waals surface area contributed by atoms with Crippen molar-refractivity contribution in [3.63, 3.8) is 0 Å². The van der Waals surface area contributed by atoms with Gasteiger partial charge >= 0.3 is 0 Å². The van der Waals surface area contributed by atoms with Crippen LogP contribution in [0.15, 0.2) is 72.6 Å². The van der Waals surface area contributed by atoms with Gasteiger partial charge < -0.3 is 9.47 Å². The van der Waals surface area contributed by atoms with Crippen LogP contribution in [0.2, 0.25) is 0 Å². The molecule has 1 saturated heterocycles. The summed E-state index contributed by atoms with van der Waals surface area (Å²) in [5, 5.41) is 0. The van der Waals surface area contributed by atoms with E-state index < -0.39 is 29.3 Å². The molecule has 3 nitrogen and oxygen atoms in total. The number of ketones is 1. The molecule has 2 aliphatic carbocycles. The summed E-state index contributed by atoms with van der Waals surface area (Å²) >= 11 is 0. The van der Waals surface area contributed by atoms with Crippen LogP contribution in [0.1, 0.15) is 25.0 Å². The van der Waals surface area contributed by atoms with Crippen molar-refractivity contribution in [2.24, 2.45) is 11.8 Å². The van der Waals surface area contributed by atoms with E-state index in [1.807, 2.05) is 60.7 Å². The third-order valence-electron chi connectivity index (χ3n) is 6.13. The summed E-state index contributed by atoms with van der Waals surface area (Å²) in [4.78, 5) is 13.7. The monoisotopic (exact) mass is 364 g/mol. The maximum Gasteiger partial charge on any atom is 0.164 e. The van der Waals surface area contributed by atoms with Gasteiger partial charge in [-0.25, -0.2) is 4.39 Å². The lowest BCUT2D eigenvalue weighted by Crippen LogP contribution is -2.67. The van der Waals surface area contributed by atoms with Crippen LogP contribution in [0.4, 0.5) is 4.39 Å². The summed E-state index contributed by atoms with van der Waals surface area (Å²) in [5.41, 5.74) is 0.900. The summed E-state index contributed by atoms with van der Waals surface area (Å²) in [5.74, 6) is -1.86. The summed E-state index contributed by atoms with van der Waals surface area (Å²) in [6.45, 7) is 3.52. The number of allylic oxidation sites excluding steroid dienone is 1. The molecule has 1 aliphatic heterocycles. The molecule has 3 aliphatic rings. The van der Waals surface area contributed by atoms with E-state index in [-0.39, 0.29) is 17.5 Å². The molecule has 2 fully saturated rings. The van der Waals surface area contributed by atoms with Gasteiger partial charge in [0.25, 0.3) is 0 Å². The number of rotatable bonds is 2. The highest BCUT2D eigenvalue weighted by Crippen LogP contribution is 2.60. The molecule has 1 saturated carbocycles. The molecule has 0 bridgehead atoms. The number of Topliss-reactive ketones (excluding diaryl/α,β-unsaturated/α-hetero) is 1. The molecule has 2 aromatic rings. The van der Waals surface area contributed by atoms with Crippen LogP contribution >= 0.6 is 0 Å². The van der Waals surface area contributed by atoms with E-state index in [1.165, 1.54) is 0 Å². The fraction of sp³-hybridized carbons (Fsp3) is 0.348. The smallest absolute Gasteiger partial charge is 0.164 e. The number of ether oxygens (including phenoxy) is 2. The van der Waals surface area contributed by atoms with Crippen molar-refractivity contribution < 1.29 is 18.7 Å². The zero-order valence-corrected chi connectivity index (χ0v) is 15.3. The van der Waals surface area contributed by atoms with Crippen molar-refractivity contribution in [3.05, 3.63) is 83.7 Å². The second-order valence-electron chi connectivity index (χ2n) is 8.03. The fourth-order valence-electron chi connectivity index (χ4n) is 5.12. The van der Waals surface area contributed by atoms with Gasteiger partial charge in [-0.2, -0.15) is 0 Å². The molecule has 5 rings (SSSR count). The molecule has 0 N–H and O–H groups in total. The van der Waals surface area contributed by atoms with Crippen LogP contribution in [0.5, 0.6) is 0 Å². The molecule has 0 amide bonds. The number of carbonyl (C=O) groups is 1. The predicted molar refractivity (Wildman–Crippen MR) is 98.7 cm³/mol. The Balaban J connectivity index is 1.68. The Labute approximate surface area is 157 Å². The second-order valence-corrected chi connectivity index (χ2v) is 8.03. The van der Waals surface area contributed by atoms with E-state index in [2.05, 4.69) is 0 Å². The molecule has 27 heavy (non-hydrogen) atoms. The van der Waals surface area contributed by atoms with Crippen molar-refractivity contribution in [2.45, 2.75) is 37.3 Å². The van der Waals surface area contributed by atoms with Gasteiger partial charge in [-0.3, -0.25) is 4.79 Å². The lowest BCUT2D eigenvalue weighted by molar-refractivity contribution is -0.166. The van der Waals surface area contributed by atoms with Crippen LogP contribution in [-0.2, 0) is 19.7 Å². The van der Waals surface area contributed by atoms with Crippen molar-refractivity contribution >= 4 is 5.78 Å². The third kappa shape index (κ3) is 2.17. The molecular formula is C23H21FO3. The first kappa shape index (κ1) is 16.8. The number of carbonyl (C=O) groups excluding carboxylic acids is 1. The number of benzene rings is 2. The summed E-state index contributed by atoms with van der Waals surface area (Å²) in [6, 6.07) is 19.3. The minimum atomic E-state index is -0.895. The van der Waals surface area contributed by atoms with E-state index >= 15 is 0 Å². The van der Waals surface area contributed by atoms with Crippen LogP contribution in [0, 0.1) is 11.8 Å². The third-order valence-corrected chi connectivity index (χ3v) is 6.13. The lowest BCUT2D eigenvalue weighted by atomic mass is 9.44. The maximum atomic E-state index is 15.0. The summed E-state index contributed by atoms with van der Waals surface area (Å²) < 4.78 is 26.7. The summed E-state index contributed by atoms with van der Waals surface area (Å²) in [6.07, 6.45) is 0.218. The average Bonchev–Trinajstić information content (AvgIpc) is 2.99. The summed E-state index contributed by atoms with van der Waals surface area (Å²) in [7, 11) is 0. The SMILES string of the molecule is CC1(C)O[C@H]2[C@@H]3C(=O)C(c4ccccc4)(c4ccccc4)[C@@H]3C=C(F)[C@H]2O1. The van der Waals surface area contributed by atoms with Crippen LogP contribution in [-0.4, -0.2) is 23.8 Å². The van der Waals surface area contributed by atoms with E-state index in [0.29, 0.717) is 0 Å². The Morgan fingerprint density at radius 3 is 2.00 bits per heavy atom. The first-order valence-electron chi connectivity index (χ1n) is 9.33. The first-order valence-corrected chi connectivity index (χ1v) is 9.33. The van der Waals surface area contributed by atoms with Gasteiger partial charge in [-0.05, 0) is 31.1 Å². The van der Waals surface area contributed by atoms with E-state index in [4.69, 9.17) is 9.47 Å². The number of halogens is 1. The van der Waals surface area contributed by atoms with Gasteiger partial charge in [-0.1, -0.05) is 60.7 Å². The lowest BCUT2D eigenvalue weighted by Gasteiger charge is -2.56. The number of fused-ring (bicyclic) bond motifs is 3. The van der Waals surface area contributed by atoms with E-state index in [1.54, 1.807) is 19.9 Å². The van der Waals surface area contributed by atoms with Crippen LogP contribution in [0.3, 0.4) is 0 Å². The van der Waals surface area contributed by atoms with Gasteiger partial charge in [-0.15, -0.1) is 0 Å². The van der Waals surface area contributed by atoms with Gasteiger partial charge in [0.2, 0.25) is 0 Å². The zero-order chi connectivity index (χ0) is 18.8. The minimum absolute atomic E-state index is 0.0740. The Morgan fingerprint density at radius 2 is 1.44 bits per heavy atom. The van der Waals surface area contributed by atoms with Crippen molar-refractivity contribution in [1.29, 1.82) is 0 Å². The standard InChI is InChI=1S/C23H21FO3/c1-22(2)26-19-17(24)13-16-18(20(19)27-22)21(25)23(16,14-9-5-3-6-10-14)15-11-7-4-8-12-15/h3-13,16,18-20H,1-2H3/t16-,18-,19-,20+/m1/s1. The highest BCUT2D eigenvalue weighted by molar-refractivity contribution is 6.04. The van der Waals surface area contributed by atoms with Crippen molar-refractivity contribution in [3.8, 4) is 0 Å². The quantitative estimate of drug-likeness (QED) is 0.802. The molecule has 2 aromatic carbocycles. The van der Waals surface area contributed by atoms with Gasteiger partial charge in [0.1, 0.15) is 18.0 Å². The molecule has 0 unspecified atom stereocenters. The normalized spacial score (nSPS) is 32.9. The zero-order valence-electron chi connectivity index (χ0n) is 15.3. The van der Waals surface area contributed by atoms with E-state index in [9.17, 15) is 9.18 Å². The molecule has 1 heterocycles. The highest BCUT2D eigenvalue weighted by atomic mass is 19.1. The van der Waals surface area contributed by atoms with Gasteiger partial charge in [0, 0.05) is 5.92 Å². The van der Waals surface area contributed by atoms with Gasteiger partial charge in [0.05, 0.1) is 11.3 Å². The maximum absolute atomic E-state index is 15.0. The molecule has 138 valence electrons. The molecule has 4 atom stereocenters. The second kappa shape index (κ2) is 5.60. The molecular weight excluding hydrogens is 343 g/mol. The predicted octanol–water partition coefficient (Wildman–Crippen LogP) is 4.17. The Bertz CT molecular complexity index is 880. The van der Waals surface area contributed by atoms with Crippen LogP contribution in [0.25, 0.3) is 0 Å². The Morgan fingerprint density at radius 1 is 0.889 bits per heavy atom. The van der Waals surface area contributed by atoms with Crippen molar-refractivity contribution in [2.75, 3.05) is 0 Å². The van der Waals surface area contributed by atoms with Crippen molar-refractivity contribution in [1.82, 2.24) is 0 Å². The first-order chi connectivity index (χ1) is 12.9.